The second kappa shape index (κ2) is 8.39. The van der Waals surface area contributed by atoms with Gasteiger partial charge in [0.15, 0.2) is 0 Å². The van der Waals surface area contributed by atoms with E-state index in [1.807, 2.05) is 56.3 Å². The van der Waals surface area contributed by atoms with Crippen molar-refractivity contribution in [2.45, 2.75) is 27.7 Å². The topological polar surface area (TPSA) is 41.6 Å². The van der Waals surface area contributed by atoms with Crippen molar-refractivity contribution >= 4 is 11.7 Å². The number of aryl methyl sites for hydroxylation is 3. The van der Waals surface area contributed by atoms with Crippen LogP contribution in [0.25, 0.3) is 0 Å². The van der Waals surface area contributed by atoms with E-state index in [9.17, 15) is 4.79 Å². The summed E-state index contributed by atoms with van der Waals surface area (Å²) in [5.41, 5.74) is 4.49. The minimum atomic E-state index is -0.105. The highest BCUT2D eigenvalue weighted by atomic mass is 16.5. The summed E-state index contributed by atoms with van der Waals surface area (Å²) in [6.07, 6.45) is 0. The molecule has 0 bridgehead atoms. The van der Waals surface area contributed by atoms with Gasteiger partial charge in [-0.25, -0.2) is 4.79 Å². The average Bonchev–Trinajstić information content (AvgIpc) is 2.55. The van der Waals surface area contributed by atoms with Gasteiger partial charge in [0.1, 0.15) is 12.4 Å². The Hall–Kier alpha value is -2.49. The van der Waals surface area contributed by atoms with E-state index in [1.165, 1.54) is 11.1 Å². The van der Waals surface area contributed by atoms with E-state index in [1.54, 1.807) is 4.90 Å². The van der Waals surface area contributed by atoms with E-state index >= 15 is 0 Å². The lowest BCUT2D eigenvalue weighted by atomic mass is 10.1. The lowest BCUT2D eigenvalue weighted by Crippen LogP contribution is -2.41. The standard InChI is InChI=1S/C20H26N2O2/c1-5-22(18-8-6-7-15(2)13-18)20(23)21-11-12-24-19-10-9-16(3)17(4)14-19/h6-10,13-14H,5,11-12H2,1-4H3,(H,21,23). The molecule has 0 heterocycles. The third-order valence-electron chi connectivity index (χ3n) is 4.00. The quantitative estimate of drug-likeness (QED) is 0.807. The van der Waals surface area contributed by atoms with Crippen LogP contribution in [0.15, 0.2) is 42.5 Å². The zero-order valence-electron chi connectivity index (χ0n) is 14.9. The molecule has 128 valence electrons. The number of carbonyl (C=O) groups excluding carboxylic acids is 1. The van der Waals surface area contributed by atoms with Crippen LogP contribution >= 0.6 is 0 Å². The number of anilines is 1. The molecule has 24 heavy (non-hydrogen) atoms. The molecule has 0 spiro atoms. The lowest BCUT2D eigenvalue weighted by Gasteiger charge is -2.22. The SMILES string of the molecule is CCN(C(=O)NCCOc1ccc(C)c(C)c1)c1cccc(C)c1. The van der Waals surface area contributed by atoms with Crippen molar-refractivity contribution in [3.05, 3.63) is 59.2 Å². The molecule has 2 amide bonds. The molecule has 2 aromatic carbocycles. The molecule has 0 aliphatic carbocycles. The molecular formula is C20H26N2O2. The number of carbonyl (C=O) groups is 1. The van der Waals surface area contributed by atoms with Crippen molar-refractivity contribution in [1.29, 1.82) is 0 Å². The van der Waals surface area contributed by atoms with Gasteiger partial charge < -0.3 is 10.1 Å². The summed E-state index contributed by atoms with van der Waals surface area (Å²) in [5, 5.41) is 2.91. The Labute approximate surface area is 144 Å². The summed E-state index contributed by atoms with van der Waals surface area (Å²) < 4.78 is 5.70. The van der Waals surface area contributed by atoms with Crippen molar-refractivity contribution in [3.8, 4) is 5.75 Å². The first-order valence-electron chi connectivity index (χ1n) is 8.33. The van der Waals surface area contributed by atoms with Crippen molar-refractivity contribution in [1.82, 2.24) is 5.32 Å². The second-order valence-electron chi connectivity index (χ2n) is 5.91. The largest absolute Gasteiger partial charge is 0.492 e. The molecule has 0 atom stereocenters. The van der Waals surface area contributed by atoms with Crippen molar-refractivity contribution in [2.75, 3.05) is 24.6 Å². The van der Waals surface area contributed by atoms with E-state index in [2.05, 4.69) is 19.2 Å². The molecule has 0 aliphatic heterocycles. The maximum atomic E-state index is 12.4. The Morgan fingerprint density at radius 3 is 2.54 bits per heavy atom. The maximum absolute atomic E-state index is 12.4. The van der Waals surface area contributed by atoms with E-state index < -0.39 is 0 Å². The molecule has 0 radical (unpaired) electrons. The number of nitrogens with one attached hydrogen (secondary N) is 1. The van der Waals surface area contributed by atoms with Crippen LogP contribution in [-0.2, 0) is 0 Å². The smallest absolute Gasteiger partial charge is 0.321 e. The van der Waals surface area contributed by atoms with Crippen LogP contribution in [-0.4, -0.2) is 25.7 Å². The van der Waals surface area contributed by atoms with Crippen LogP contribution in [0, 0.1) is 20.8 Å². The molecule has 0 saturated heterocycles. The number of nitrogens with zero attached hydrogens (tertiary/aromatic N) is 1. The van der Waals surface area contributed by atoms with Crippen LogP contribution in [0.1, 0.15) is 23.6 Å². The summed E-state index contributed by atoms with van der Waals surface area (Å²) in [6, 6.07) is 13.8. The number of hydrogen-bond acceptors (Lipinski definition) is 2. The van der Waals surface area contributed by atoms with Gasteiger partial charge >= 0.3 is 6.03 Å². The number of ether oxygens (including phenoxy) is 1. The van der Waals surface area contributed by atoms with Gasteiger partial charge in [-0.15, -0.1) is 0 Å². The van der Waals surface area contributed by atoms with Crippen molar-refractivity contribution < 1.29 is 9.53 Å². The molecule has 2 rings (SSSR count). The Morgan fingerprint density at radius 1 is 1.08 bits per heavy atom. The fourth-order valence-corrected chi connectivity index (χ4v) is 2.47. The third-order valence-corrected chi connectivity index (χ3v) is 4.00. The van der Waals surface area contributed by atoms with E-state index in [4.69, 9.17) is 4.74 Å². The Balaban J connectivity index is 1.84. The third kappa shape index (κ3) is 4.75. The molecule has 0 fully saturated rings. The van der Waals surface area contributed by atoms with Gasteiger partial charge in [-0.2, -0.15) is 0 Å². The predicted octanol–water partition coefficient (Wildman–Crippen LogP) is 4.23. The molecule has 0 aliphatic rings. The highest BCUT2D eigenvalue weighted by Gasteiger charge is 2.13. The van der Waals surface area contributed by atoms with Crippen LogP contribution in [0.2, 0.25) is 0 Å². The van der Waals surface area contributed by atoms with Gasteiger partial charge in [0.05, 0.1) is 6.54 Å². The van der Waals surface area contributed by atoms with Crippen LogP contribution < -0.4 is 15.0 Å². The summed E-state index contributed by atoms with van der Waals surface area (Å²) in [6.45, 7) is 9.65. The number of hydrogen-bond donors (Lipinski definition) is 1. The summed E-state index contributed by atoms with van der Waals surface area (Å²) >= 11 is 0. The fourth-order valence-electron chi connectivity index (χ4n) is 2.47. The number of rotatable bonds is 6. The number of urea groups is 1. The highest BCUT2D eigenvalue weighted by molar-refractivity contribution is 5.91. The summed E-state index contributed by atoms with van der Waals surface area (Å²) in [7, 11) is 0. The van der Waals surface area contributed by atoms with Crippen molar-refractivity contribution in [2.24, 2.45) is 0 Å². The number of benzene rings is 2. The van der Waals surface area contributed by atoms with Gasteiger partial charge in [0.25, 0.3) is 0 Å². The molecule has 1 N–H and O–H groups in total. The van der Waals surface area contributed by atoms with Gasteiger partial charge in [0.2, 0.25) is 0 Å². The van der Waals surface area contributed by atoms with Crippen LogP contribution in [0.4, 0.5) is 10.5 Å². The monoisotopic (exact) mass is 326 g/mol. The van der Waals surface area contributed by atoms with E-state index in [0.717, 1.165) is 17.0 Å². The van der Waals surface area contributed by atoms with Crippen LogP contribution in [0.5, 0.6) is 5.75 Å². The number of amides is 2. The maximum Gasteiger partial charge on any atom is 0.321 e. The zero-order chi connectivity index (χ0) is 17.5. The predicted molar refractivity (Wildman–Crippen MR) is 99.0 cm³/mol. The molecule has 0 unspecified atom stereocenters. The molecule has 4 heteroatoms. The first-order chi connectivity index (χ1) is 11.5. The normalized spacial score (nSPS) is 10.3. The zero-order valence-corrected chi connectivity index (χ0v) is 14.9. The summed E-state index contributed by atoms with van der Waals surface area (Å²) in [5.74, 6) is 0.832. The van der Waals surface area contributed by atoms with Crippen LogP contribution in [0.3, 0.4) is 0 Å². The van der Waals surface area contributed by atoms with Gasteiger partial charge in [0, 0.05) is 12.2 Å². The summed E-state index contributed by atoms with van der Waals surface area (Å²) in [4.78, 5) is 14.1. The lowest BCUT2D eigenvalue weighted by molar-refractivity contribution is 0.242. The van der Waals surface area contributed by atoms with E-state index in [-0.39, 0.29) is 6.03 Å². The minimum absolute atomic E-state index is 0.105. The fraction of sp³-hybridized carbons (Fsp3) is 0.350. The molecular weight excluding hydrogens is 300 g/mol. The molecule has 4 nitrogen and oxygen atoms in total. The average molecular weight is 326 g/mol. The minimum Gasteiger partial charge on any atom is -0.492 e. The Bertz CT molecular complexity index is 698. The first kappa shape index (κ1) is 17.9. The van der Waals surface area contributed by atoms with Crippen molar-refractivity contribution in [3.63, 3.8) is 0 Å². The van der Waals surface area contributed by atoms with Gasteiger partial charge in [-0.1, -0.05) is 18.2 Å². The first-order valence-corrected chi connectivity index (χ1v) is 8.33. The molecule has 0 aromatic heterocycles. The second-order valence-corrected chi connectivity index (χ2v) is 5.91. The van der Waals surface area contributed by atoms with Gasteiger partial charge in [-0.3, -0.25) is 4.90 Å². The highest BCUT2D eigenvalue weighted by Crippen LogP contribution is 2.17. The van der Waals surface area contributed by atoms with Gasteiger partial charge in [-0.05, 0) is 68.7 Å². The molecule has 0 saturated carbocycles. The molecule has 2 aromatic rings. The Morgan fingerprint density at radius 2 is 1.88 bits per heavy atom. The Kier molecular flexibility index (Phi) is 6.24. The van der Waals surface area contributed by atoms with E-state index in [0.29, 0.717) is 19.7 Å².